The molecular weight excluding hydrogens is 471 g/mol. The summed E-state index contributed by atoms with van der Waals surface area (Å²) in [6, 6.07) is 21.1. The Morgan fingerprint density at radius 1 is 1.03 bits per heavy atom. The number of benzene rings is 3. The number of anilines is 3. The first kappa shape index (κ1) is 22.1. The molecule has 1 amide bonds. The van der Waals surface area contributed by atoms with Crippen molar-refractivity contribution in [1.29, 1.82) is 0 Å². The number of nitrogens with one attached hydrogen (secondary N) is 2. The predicted octanol–water partition coefficient (Wildman–Crippen LogP) is 6.60. The van der Waals surface area contributed by atoms with Crippen molar-refractivity contribution < 1.29 is 13.9 Å². The van der Waals surface area contributed by atoms with Crippen LogP contribution < -0.4 is 15.4 Å². The fourth-order valence-electron chi connectivity index (χ4n) is 2.58. The molecule has 32 heavy (non-hydrogen) atoms. The molecule has 0 atom stereocenters. The van der Waals surface area contributed by atoms with Crippen LogP contribution in [0.4, 0.5) is 20.9 Å². The zero-order chi connectivity index (χ0) is 22.3. The van der Waals surface area contributed by atoms with E-state index in [1.54, 1.807) is 0 Å². The molecule has 0 saturated carbocycles. The highest BCUT2D eigenvalue weighted by atomic mass is 35.5. The SMILES string of the molecule is O=C(CSc1nnc(Nc2ccc(Oc3ccccc3)cc2)s1)Nc1ccc(Cl)cc1F. The summed E-state index contributed by atoms with van der Waals surface area (Å²) in [4.78, 5) is 12.1. The molecule has 6 nitrogen and oxygen atoms in total. The number of thioether (sulfide) groups is 1. The second-order valence-electron chi connectivity index (χ2n) is 6.40. The Labute approximate surface area is 196 Å². The van der Waals surface area contributed by atoms with Crippen LogP contribution in [-0.4, -0.2) is 21.9 Å². The fraction of sp³-hybridized carbons (Fsp3) is 0.0455. The number of aromatic nitrogens is 2. The van der Waals surface area contributed by atoms with Crippen molar-refractivity contribution in [3.8, 4) is 11.5 Å². The molecule has 0 fully saturated rings. The molecule has 3 aromatic carbocycles. The molecule has 4 aromatic rings. The summed E-state index contributed by atoms with van der Waals surface area (Å²) in [6.45, 7) is 0. The number of amides is 1. The molecule has 0 unspecified atom stereocenters. The van der Waals surface area contributed by atoms with E-state index in [4.69, 9.17) is 16.3 Å². The Morgan fingerprint density at radius 2 is 1.78 bits per heavy atom. The zero-order valence-electron chi connectivity index (χ0n) is 16.4. The lowest BCUT2D eigenvalue weighted by atomic mass is 10.3. The van der Waals surface area contributed by atoms with Crippen LogP contribution >= 0.6 is 34.7 Å². The highest BCUT2D eigenvalue weighted by Gasteiger charge is 2.11. The topological polar surface area (TPSA) is 76.1 Å². The minimum atomic E-state index is -0.585. The molecule has 0 saturated heterocycles. The van der Waals surface area contributed by atoms with E-state index in [1.165, 1.54) is 35.2 Å². The van der Waals surface area contributed by atoms with Crippen LogP contribution in [0.3, 0.4) is 0 Å². The van der Waals surface area contributed by atoms with Gasteiger partial charge in [-0.2, -0.15) is 0 Å². The predicted molar refractivity (Wildman–Crippen MR) is 127 cm³/mol. The molecule has 1 aromatic heterocycles. The number of rotatable bonds is 8. The van der Waals surface area contributed by atoms with Crippen LogP contribution in [0.1, 0.15) is 0 Å². The minimum Gasteiger partial charge on any atom is -0.457 e. The number of hydrogen-bond donors (Lipinski definition) is 2. The molecule has 0 spiro atoms. The number of carbonyl (C=O) groups is 1. The highest BCUT2D eigenvalue weighted by molar-refractivity contribution is 8.01. The van der Waals surface area contributed by atoms with E-state index in [2.05, 4.69) is 20.8 Å². The van der Waals surface area contributed by atoms with Crippen molar-refractivity contribution in [3.63, 3.8) is 0 Å². The van der Waals surface area contributed by atoms with Crippen LogP contribution in [0.25, 0.3) is 0 Å². The van der Waals surface area contributed by atoms with E-state index in [0.717, 1.165) is 23.3 Å². The second kappa shape index (κ2) is 10.4. The molecule has 10 heteroatoms. The monoisotopic (exact) mass is 486 g/mol. The normalized spacial score (nSPS) is 10.6. The van der Waals surface area contributed by atoms with Gasteiger partial charge in [-0.15, -0.1) is 10.2 Å². The summed E-state index contributed by atoms with van der Waals surface area (Å²) in [7, 11) is 0. The summed E-state index contributed by atoms with van der Waals surface area (Å²) in [5.74, 6) is 0.621. The van der Waals surface area contributed by atoms with Crippen molar-refractivity contribution in [3.05, 3.63) is 83.6 Å². The average Bonchev–Trinajstić information content (AvgIpc) is 3.24. The lowest BCUT2D eigenvalue weighted by molar-refractivity contribution is -0.113. The molecular formula is C22H16ClFN4O2S2. The van der Waals surface area contributed by atoms with Crippen molar-refractivity contribution >= 4 is 57.1 Å². The lowest BCUT2D eigenvalue weighted by Crippen LogP contribution is -2.14. The summed E-state index contributed by atoms with van der Waals surface area (Å²) in [5, 5.41) is 14.7. The van der Waals surface area contributed by atoms with Gasteiger partial charge in [0.1, 0.15) is 17.3 Å². The summed E-state index contributed by atoms with van der Waals surface area (Å²) in [5.41, 5.74) is 0.911. The van der Waals surface area contributed by atoms with Gasteiger partial charge in [-0.05, 0) is 54.6 Å². The van der Waals surface area contributed by atoms with Gasteiger partial charge in [0, 0.05) is 10.7 Å². The van der Waals surface area contributed by atoms with Gasteiger partial charge in [0.15, 0.2) is 4.34 Å². The van der Waals surface area contributed by atoms with Crippen LogP contribution in [0.15, 0.2) is 77.1 Å². The molecule has 2 N–H and O–H groups in total. The van der Waals surface area contributed by atoms with E-state index >= 15 is 0 Å². The number of halogens is 2. The van der Waals surface area contributed by atoms with Crippen molar-refractivity contribution in [2.45, 2.75) is 4.34 Å². The Hall–Kier alpha value is -3.14. The van der Waals surface area contributed by atoms with Crippen molar-refractivity contribution in [2.24, 2.45) is 0 Å². The maximum absolute atomic E-state index is 13.8. The van der Waals surface area contributed by atoms with Gasteiger partial charge >= 0.3 is 0 Å². The van der Waals surface area contributed by atoms with Gasteiger partial charge in [0.25, 0.3) is 0 Å². The van der Waals surface area contributed by atoms with E-state index in [1.807, 2.05) is 54.6 Å². The molecule has 0 aliphatic carbocycles. The smallest absolute Gasteiger partial charge is 0.234 e. The first-order valence-corrected chi connectivity index (χ1v) is 11.5. The lowest BCUT2D eigenvalue weighted by Gasteiger charge is -2.07. The van der Waals surface area contributed by atoms with Gasteiger partial charge in [-0.25, -0.2) is 4.39 Å². The molecule has 0 radical (unpaired) electrons. The maximum atomic E-state index is 13.8. The molecule has 0 aliphatic rings. The van der Waals surface area contributed by atoms with E-state index in [-0.39, 0.29) is 22.4 Å². The Bertz CT molecular complexity index is 1210. The Kier molecular flexibility index (Phi) is 7.21. The summed E-state index contributed by atoms with van der Waals surface area (Å²) >= 11 is 8.24. The van der Waals surface area contributed by atoms with Crippen LogP contribution in [0.2, 0.25) is 5.02 Å². The van der Waals surface area contributed by atoms with Gasteiger partial charge in [0.2, 0.25) is 11.0 Å². The zero-order valence-corrected chi connectivity index (χ0v) is 18.8. The standard InChI is InChI=1S/C22H16ClFN4O2S2/c23-14-6-11-19(18(24)12-14)26-20(29)13-31-22-28-27-21(32-22)25-15-7-9-17(10-8-15)30-16-4-2-1-3-5-16/h1-12H,13H2,(H,25,27)(H,26,29). The van der Waals surface area contributed by atoms with Gasteiger partial charge in [-0.1, -0.05) is 52.9 Å². The maximum Gasteiger partial charge on any atom is 0.234 e. The number of para-hydroxylation sites is 1. The number of carbonyl (C=O) groups excluding carboxylic acids is 1. The van der Waals surface area contributed by atoms with Gasteiger partial charge in [0.05, 0.1) is 11.4 Å². The first-order valence-electron chi connectivity index (χ1n) is 9.36. The third kappa shape index (κ3) is 6.19. The molecule has 0 bridgehead atoms. The second-order valence-corrected chi connectivity index (χ2v) is 9.04. The molecule has 0 aliphatic heterocycles. The fourth-order valence-corrected chi connectivity index (χ4v) is 4.31. The third-order valence-electron chi connectivity index (χ3n) is 4.02. The Morgan fingerprint density at radius 3 is 2.53 bits per heavy atom. The van der Waals surface area contributed by atoms with E-state index in [9.17, 15) is 9.18 Å². The largest absolute Gasteiger partial charge is 0.457 e. The number of ether oxygens (including phenoxy) is 1. The van der Waals surface area contributed by atoms with E-state index in [0.29, 0.717) is 9.47 Å². The van der Waals surface area contributed by atoms with Crippen LogP contribution in [-0.2, 0) is 4.79 Å². The minimum absolute atomic E-state index is 0.0716. The van der Waals surface area contributed by atoms with Crippen molar-refractivity contribution in [2.75, 3.05) is 16.4 Å². The highest BCUT2D eigenvalue weighted by Crippen LogP contribution is 2.29. The molecule has 4 rings (SSSR count). The van der Waals surface area contributed by atoms with Crippen molar-refractivity contribution in [1.82, 2.24) is 10.2 Å². The van der Waals surface area contributed by atoms with Crippen LogP contribution in [0, 0.1) is 5.82 Å². The summed E-state index contributed by atoms with van der Waals surface area (Å²) in [6.07, 6.45) is 0. The average molecular weight is 487 g/mol. The number of nitrogens with zero attached hydrogens (tertiary/aromatic N) is 2. The summed E-state index contributed by atoms with van der Waals surface area (Å²) < 4.78 is 20.2. The quantitative estimate of drug-likeness (QED) is 0.273. The molecule has 162 valence electrons. The number of hydrogen-bond acceptors (Lipinski definition) is 7. The first-order chi connectivity index (χ1) is 15.5. The Balaban J connectivity index is 1.27. The van der Waals surface area contributed by atoms with Gasteiger partial charge < -0.3 is 15.4 Å². The molecule has 1 heterocycles. The van der Waals surface area contributed by atoms with Gasteiger partial charge in [-0.3, -0.25) is 4.79 Å². The van der Waals surface area contributed by atoms with E-state index < -0.39 is 5.82 Å². The van der Waals surface area contributed by atoms with Crippen LogP contribution in [0.5, 0.6) is 11.5 Å². The third-order valence-corrected chi connectivity index (χ3v) is 6.23.